The lowest BCUT2D eigenvalue weighted by Gasteiger charge is -2.11. The van der Waals surface area contributed by atoms with Crippen LogP contribution in [0.1, 0.15) is 34.3 Å². The van der Waals surface area contributed by atoms with Gasteiger partial charge in [0.25, 0.3) is 0 Å². The number of rotatable bonds is 10. The van der Waals surface area contributed by atoms with Gasteiger partial charge < -0.3 is 19.9 Å². The molecule has 30 heavy (non-hydrogen) atoms. The molecule has 3 aromatic carbocycles. The molecule has 0 aliphatic heterocycles. The number of aryl methyl sites for hydroxylation is 1. The van der Waals surface area contributed by atoms with Crippen LogP contribution in [0, 0.1) is 6.92 Å². The average molecular weight is 405 g/mol. The first-order valence-corrected chi connectivity index (χ1v) is 10.0. The third kappa shape index (κ3) is 6.55. The van der Waals surface area contributed by atoms with E-state index >= 15 is 0 Å². The van der Waals surface area contributed by atoms with Crippen LogP contribution in [-0.2, 0) is 11.3 Å². The minimum Gasteiger partial charge on any atom is -0.494 e. The van der Waals surface area contributed by atoms with Crippen LogP contribution in [-0.4, -0.2) is 19.2 Å². The number of carbonyl (C=O) groups excluding carboxylic acids is 1. The summed E-state index contributed by atoms with van der Waals surface area (Å²) in [6, 6.07) is 22.5. The summed E-state index contributed by atoms with van der Waals surface area (Å²) >= 11 is 0. The summed E-state index contributed by atoms with van der Waals surface area (Å²) in [5.41, 5.74) is 9.00. The molecule has 0 saturated carbocycles. The van der Waals surface area contributed by atoms with Crippen molar-refractivity contribution in [1.29, 1.82) is 0 Å². The number of ether oxygens (including phenoxy) is 3. The number of hydrogen-bond donors (Lipinski definition) is 1. The minimum absolute atomic E-state index is 0.223. The highest BCUT2D eigenvalue weighted by molar-refractivity contribution is 5.90. The molecule has 156 valence electrons. The van der Waals surface area contributed by atoms with Gasteiger partial charge in [0.15, 0.2) is 0 Å². The smallest absolute Gasteiger partial charge is 0.338 e. The van der Waals surface area contributed by atoms with Gasteiger partial charge in [-0.25, -0.2) is 4.79 Å². The molecule has 0 atom stereocenters. The highest BCUT2D eigenvalue weighted by Gasteiger charge is 2.11. The molecule has 0 amide bonds. The Morgan fingerprint density at radius 1 is 0.867 bits per heavy atom. The predicted octanol–water partition coefficient (Wildman–Crippen LogP) is 5.17. The van der Waals surface area contributed by atoms with Gasteiger partial charge >= 0.3 is 5.97 Å². The number of carbonyl (C=O) groups is 1. The van der Waals surface area contributed by atoms with Gasteiger partial charge in [0.1, 0.15) is 18.1 Å². The topological polar surface area (TPSA) is 70.8 Å². The summed E-state index contributed by atoms with van der Waals surface area (Å²) in [5, 5.41) is 0. The van der Waals surface area contributed by atoms with E-state index in [9.17, 15) is 4.79 Å². The van der Waals surface area contributed by atoms with Crippen LogP contribution in [0.4, 0.5) is 5.69 Å². The summed E-state index contributed by atoms with van der Waals surface area (Å²) in [7, 11) is 0. The van der Waals surface area contributed by atoms with Gasteiger partial charge in [0.2, 0.25) is 0 Å². The van der Waals surface area contributed by atoms with Gasteiger partial charge in [0.05, 0.1) is 24.5 Å². The molecule has 0 saturated heterocycles. The number of anilines is 1. The SMILES string of the molecule is Cc1cccc(OCCCCOc2cc(C(=O)OCc3ccccc3)ccc2N)c1. The van der Waals surface area contributed by atoms with Crippen LogP contribution in [0.3, 0.4) is 0 Å². The zero-order valence-electron chi connectivity index (χ0n) is 17.2. The van der Waals surface area contributed by atoms with E-state index in [0.29, 0.717) is 30.2 Å². The largest absolute Gasteiger partial charge is 0.494 e. The van der Waals surface area contributed by atoms with Crippen molar-refractivity contribution < 1.29 is 19.0 Å². The van der Waals surface area contributed by atoms with Gasteiger partial charge in [-0.2, -0.15) is 0 Å². The van der Waals surface area contributed by atoms with E-state index in [1.165, 1.54) is 5.56 Å². The molecule has 0 aromatic heterocycles. The van der Waals surface area contributed by atoms with Crippen molar-refractivity contribution in [3.63, 3.8) is 0 Å². The number of benzene rings is 3. The maximum absolute atomic E-state index is 12.3. The fourth-order valence-corrected chi connectivity index (χ4v) is 2.87. The summed E-state index contributed by atoms with van der Waals surface area (Å²) in [6.45, 7) is 3.37. The fraction of sp³-hybridized carbons (Fsp3) is 0.240. The standard InChI is InChI=1S/C25H27NO4/c1-19-8-7-11-22(16-19)28-14-5-6-15-29-24-17-21(12-13-23(24)26)25(27)30-18-20-9-3-2-4-10-20/h2-4,7-13,16-17H,5-6,14-15,18,26H2,1H3. The van der Waals surface area contributed by atoms with E-state index in [4.69, 9.17) is 19.9 Å². The second kappa shape index (κ2) is 10.9. The zero-order valence-corrected chi connectivity index (χ0v) is 17.2. The molecule has 5 heteroatoms. The molecule has 0 aliphatic rings. The number of unbranched alkanes of at least 4 members (excludes halogenated alkanes) is 1. The number of nitrogen functional groups attached to an aromatic ring is 1. The first-order valence-electron chi connectivity index (χ1n) is 10.0. The van der Waals surface area contributed by atoms with Crippen LogP contribution in [0.2, 0.25) is 0 Å². The maximum Gasteiger partial charge on any atom is 0.338 e. The lowest BCUT2D eigenvalue weighted by Crippen LogP contribution is -2.08. The third-order valence-electron chi connectivity index (χ3n) is 4.52. The fourth-order valence-electron chi connectivity index (χ4n) is 2.87. The first kappa shape index (κ1) is 21.2. The summed E-state index contributed by atoms with van der Waals surface area (Å²) in [4.78, 5) is 12.3. The number of hydrogen-bond acceptors (Lipinski definition) is 5. The Labute approximate surface area is 177 Å². The molecule has 5 nitrogen and oxygen atoms in total. The van der Waals surface area contributed by atoms with Crippen molar-refractivity contribution >= 4 is 11.7 Å². The molecule has 0 spiro atoms. The average Bonchev–Trinajstić information content (AvgIpc) is 2.76. The molecule has 0 radical (unpaired) electrons. The molecule has 0 unspecified atom stereocenters. The van der Waals surface area contributed by atoms with Gasteiger partial charge in [-0.3, -0.25) is 0 Å². The molecule has 0 aliphatic carbocycles. The first-order chi connectivity index (χ1) is 14.6. The Bertz CT molecular complexity index is 956. The van der Waals surface area contributed by atoms with E-state index in [1.807, 2.05) is 61.5 Å². The Kier molecular flexibility index (Phi) is 7.72. The molecule has 0 bridgehead atoms. The van der Waals surface area contributed by atoms with E-state index in [2.05, 4.69) is 0 Å². The predicted molar refractivity (Wildman–Crippen MR) is 118 cm³/mol. The summed E-state index contributed by atoms with van der Waals surface area (Å²) < 4.78 is 16.9. The zero-order chi connectivity index (χ0) is 21.2. The van der Waals surface area contributed by atoms with Gasteiger partial charge in [0, 0.05) is 0 Å². The summed E-state index contributed by atoms with van der Waals surface area (Å²) in [5.74, 6) is 0.959. The van der Waals surface area contributed by atoms with Crippen molar-refractivity contribution in [2.75, 3.05) is 18.9 Å². The highest BCUT2D eigenvalue weighted by atomic mass is 16.5. The Hall–Kier alpha value is -3.47. The number of nitrogens with two attached hydrogens (primary N) is 1. The highest BCUT2D eigenvalue weighted by Crippen LogP contribution is 2.24. The summed E-state index contributed by atoms with van der Waals surface area (Å²) in [6.07, 6.45) is 1.67. The van der Waals surface area contributed by atoms with Gasteiger partial charge in [-0.1, -0.05) is 42.5 Å². The second-order valence-electron chi connectivity index (χ2n) is 7.03. The van der Waals surface area contributed by atoms with Gasteiger partial charge in [-0.05, 0) is 61.2 Å². The molecular weight excluding hydrogens is 378 g/mol. The van der Waals surface area contributed by atoms with E-state index in [0.717, 1.165) is 24.2 Å². The Morgan fingerprint density at radius 3 is 2.40 bits per heavy atom. The third-order valence-corrected chi connectivity index (χ3v) is 4.52. The van der Waals surface area contributed by atoms with Crippen LogP contribution < -0.4 is 15.2 Å². The molecule has 0 fully saturated rings. The van der Waals surface area contributed by atoms with Crippen molar-refractivity contribution in [2.45, 2.75) is 26.4 Å². The van der Waals surface area contributed by atoms with Gasteiger partial charge in [-0.15, -0.1) is 0 Å². The van der Waals surface area contributed by atoms with E-state index in [1.54, 1.807) is 18.2 Å². The van der Waals surface area contributed by atoms with Crippen molar-refractivity contribution in [3.8, 4) is 11.5 Å². The lowest BCUT2D eigenvalue weighted by molar-refractivity contribution is 0.0472. The Balaban J connectivity index is 1.42. The Morgan fingerprint density at radius 2 is 1.63 bits per heavy atom. The van der Waals surface area contributed by atoms with Crippen molar-refractivity contribution in [3.05, 3.63) is 89.5 Å². The van der Waals surface area contributed by atoms with Crippen LogP contribution in [0.15, 0.2) is 72.8 Å². The molecule has 3 aromatic rings. The lowest BCUT2D eigenvalue weighted by atomic mass is 10.2. The van der Waals surface area contributed by atoms with E-state index in [-0.39, 0.29) is 6.61 Å². The van der Waals surface area contributed by atoms with Crippen LogP contribution in [0.25, 0.3) is 0 Å². The maximum atomic E-state index is 12.3. The van der Waals surface area contributed by atoms with Crippen LogP contribution in [0.5, 0.6) is 11.5 Å². The normalized spacial score (nSPS) is 10.4. The molecule has 2 N–H and O–H groups in total. The minimum atomic E-state index is -0.407. The number of esters is 1. The molecular formula is C25H27NO4. The van der Waals surface area contributed by atoms with Crippen LogP contribution >= 0.6 is 0 Å². The molecule has 3 rings (SSSR count). The van der Waals surface area contributed by atoms with Crippen molar-refractivity contribution in [2.24, 2.45) is 0 Å². The van der Waals surface area contributed by atoms with E-state index < -0.39 is 5.97 Å². The second-order valence-corrected chi connectivity index (χ2v) is 7.03. The quantitative estimate of drug-likeness (QED) is 0.286. The van der Waals surface area contributed by atoms with Crippen molar-refractivity contribution in [1.82, 2.24) is 0 Å². The monoisotopic (exact) mass is 405 g/mol. The molecule has 0 heterocycles.